The number of esters is 1. The lowest BCUT2D eigenvalue weighted by Crippen LogP contribution is -2.32. The van der Waals surface area contributed by atoms with Crippen molar-refractivity contribution in [3.8, 4) is 0 Å². The van der Waals surface area contributed by atoms with Crippen molar-refractivity contribution in [2.24, 2.45) is 0 Å². The molecule has 0 spiro atoms. The van der Waals surface area contributed by atoms with Gasteiger partial charge in [0, 0.05) is 6.54 Å². The number of hydrogen-bond donors (Lipinski definition) is 0. The number of rotatable bonds is 4. The van der Waals surface area contributed by atoms with Gasteiger partial charge in [-0.05, 0) is 43.2 Å². The molecule has 1 fully saturated rings. The zero-order valence-corrected chi connectivity index (χ0v) is 13.6. The van der Waals surface area contributed by atoms with E-state index in [4.69, 9.17) is 4.74 Å². The lowest BCUT2D eigenvalue weighted by atomic mass is 10.2. The van der Waals surface area contributed by atoms with Crippen LogP contribution in [0.3, 0.4) is 0 Å². The molecule has 0 bridgehead atoms. The van der Waals surface area contributed by atoms with Gasteiger partial charge in [-0.3, -0.25) is 9.59 Å². The molecule has 2 rings (SSSR count). The first-order chi connectivity index (χ1) is 9.37. The number of hydrogen-bond acceptors (Lipinski definition) is 5. The molecule has 1 aromatic rings. The van der Waals surface area contributed by atoms with E-state index in [0.29, 0.717) is 12.3 Å². The first-order valence-electron chi connectivity index (χ1n) is 6.52. The van der Waals surface area contributed by atoms with E-state index < -0.39 is 5.60 Å². The lowest BCUT2D eigenvalue weighted by molar-refractivity contribution is -0.155. The van der Waals surface area contributed by atoms with E-state index in [1.807, 2.05) is 32.2 Å². The summed E-state index contributed by atoms with van der Waals surface area (Å²) in [5.41, 5.74) is 0.656. The highest BCUT2D eigenvalue weighted by Gasteiger charge is 2.33. The zero-order chi connectivity index (χ0) is 14.8. The van der Waals surface area contributed by atoms with E-state index in [-0.39, 0.29) is 23.7 Å². The molecule has 0 aliphatic carbocycles. The highest BCUT2D eigenvalue weighted by atomic mass is 32.2. The van der Waals surface area contributed by atoms with Crippen LogP contribution in [-0.4, -0.2) is 34.7 Å². The number of nitrogens with zero attached hydrogens (tertiary/aromatic N) is 1. The van der Waals surface area contributed by atoms with Crippen LogP contribution in [0.4, 0.5) is 0 Å². The predicted molar refractivity (Wildman–Crippen MR) is 81.7 cm³/mol. The summed E-state index contributed by atoms with van der Waals surface area (Å²) >= 11 is 3.23. The molecule has 6 heteroatoms. The summed E-state index contributed by atoms with van der Waals surface area (Å²) in [6.07, 6.45) is 0.240. The van der Waals surface area contributed by atoms with Crippen LogP contribution in [0.2, 0.25) is 0 Å². The molecular formula is C14H19NO3S2. The van der Waals surface area contributed by atoms with Gasteiger partial charge < -0.3 is 9.64 Å². The molecule has 1 aliphatic rings. The van der Waals surface area contributed by atoms with Gasteiger partial charge in [0.25, 0.3) is 0 Å². The van der Waals surface area contributed by atoms with Gasteiger partial charge in [0.2, 0.25) is 5.91 Å². The van der Waals surface area contributed by atoms with E-state index in [2.05, 4.69) is 5.38 Å². The van der Waals surface area contributed by atoms with Gasteiger partial charge in [0.15, 0.2) is 0 Å². The molecule has 1 saturated heterocycles. The molecule has 20 heavy (non-hydrogen) atoms. The molecule has 1 amide bonds. The van der Waals surface area contributed by atoms with Crippen LogP contribution in [0.5, 0.6) is 0 Å². The molecule has 4 nitrogen and oxygen atoms in total. The van der Waals surface area contributed by atoms with Crippen molar-refractivity contribution in [1.82, 2.24) is 4.90 Å². The van der Waals surface area contributed by atoms with Crippen LogP contribution in [0.15, 0.2) is 16.8 Å². The van der Waals surface area contributed by atoms with Gasteiger partial charge in [-0.25, -0.2) is 0 Å². The average molecular weight is 313 g/mol. The maximum atomic E-state index is 11.9. The van der Waals surface area contributed by atoms with Gasteiger partial charge in [-0.15, -0.1) is 11.8 Å². The summed E-state index contributed by atoms with van der Waals surface area (Å²) in [5, 5.41) is 4.10. The van der Waals surface area contributed by atoms with E-state index >= 15 is 0 Å². The maximum absolute atomic E-state index is 11.9. The normalized spacial score (nSPS) is 19.4. The second-order valence-corrected chi connectivity index (χ2v) is 7.49. The topological polar surface area (TPSA) is 46.6 Å². The number of ether oxygens (including phenoxy) is 1. The molecule has 1 atom stereocenters. The SMILES string of the molecule is CC(C)(C)OC(=O)CCN1C(=O)CSC1c1ccsc1. The van der Waals surface area contributed by atoms with Crippen LogP contribution in [-0.2, 0) is 14.3 Å². The van der Waals surface area contributed by atoms with Crippen LogP contribution >= 0.6 is 23.1 Å². The molecule has 0 radical (unpaired) electrons. The molecule has 1 unspecified atom stereocenters. The van der Waals surface area contributed by atoms with Gasteiger partial charge in [-0.1, -0.05) is 0 Å². The Morgan fingerprint density at radius 1 is 1.50 bits per heavy atom. The zero-order valence-electron chi connectivity index (χ0n) is 11.9. The third-order valence-corrected chi connectivity index (χ3v) is 4.73. The van der Waals surface area contributed by atoms with Crippen LogP contribution in [0.1, 0.15) is 38.1 Å². The fourth-order valence-electron chi connectivity index (χ4n) is 1.99. The lowest BCUT2D eigenvalue weighted by Gasteiger charge is -2.24. The van der Waals surface area contributed by atoms with Gasteiger partial charge >= 0.3 is 5.97 Å². The Balaban J connectivity index is 1.93. The Bertz CT molecular complexity index is 479. The Morgan fingerprint density at radius 2 is 2.25 bits per heavy atom. The number of carbonyl (C=O) groups excluding carboxylic acids is 2. The predicted octanol–water partition coefficient (Wildman–Crippen LogP) is 3.05. The summed E-state index contributed by atoms with van der Waals surface area (Å²) in [4.78, 5) is 25.5. The van der Waals surface area contributed by atoms with Crippen molar-refractivity contribution in [3.05, 3.63) is 22.4 Å². The summed E-state index contributed by atoms with van der Waals surface area (Å²) in [6.45, 7) is 5.95. The molecule has 1 aromatic heterocycles. The molecule has 2 heterocycles. The first-order valence-corrected chi connectivity index (χ1v) is 8.51. The average Bonchev–Trinajstić information content (AvgIpc) is 2.93. The number of amides is 1. The third kappa shape index (κ3) is 3.99. The van der Waals surface area contributed by atoms with Gasteiger partial charge in [0.1, 0.15) is 11.0 Å². The maximum Gasteiger partial charge on any atom is 0.308 e. The van der Waals surface area contributed by atoms with Crippen molar-refractivity contribution in [1.29, 1.82) is 0 Å². The second kappa shape index (κ2) is 6.18. The third-order valence-electron chi connectivity index (χ3n) is 2.77. The van der Waals surface area contributed by atoms with Gasteiger partial charge in [0.05, 0.1) is 12.2 Å². The standard InChI is InChI=1S/C14H19NO3S2/c1-14(2,3)18-12(17)4-6-15-11(16)9-20-13(15)10-5-7-19-8-10/h5,7-8,13H,4,6,9H2,1-3H3. The van der Waals surface area contributed by atoms with Gasteiger partial charge in [-0.2, -0.15) is 11.3 Å². The minimum absolute atomic E-state index is 0.0381. The van der Waals surface area contributed by atoms with Crippen LogP contribution < -0.4 is 0 Å². The molecule has 110 valence electrons. The summed E-state index contributed by atoms with van der Waals surface area (Å²) in [6, 6.07) is 2.03. The Hall–Kier alpha value is -1.01. The van der Waals surface area contributed by atoms with Crippen LogP contribution in [0, 0.1) is 0 Å². The minimum atomic E-state index is -0.479. The Labute approximate surface area is 127 Å². The Morgan fingerprint density at radius 3 is 2.85 bits per heavy atom. The smallest absolute Gasteiger partial charge is 0.308 e. The quantitative estimate of drug-likeness (QED) is 0.802. The molecule has 0 aromatic carbocycles. The highest BCUT2D eigenvalue weighted by molar-refractivity contribution is 8.00. The Kier molecular flexibility index (Phi) is 4.75. The van der Waals surface area contributed by atoms with E-state index in [0.717, 1.165) is 5.56 Å². The monoisotopic (exact) mass is 313 g/mol. The van der Waals surface area contributed by atoms with E-state index in [9.17, 15) is 9.59 Å². The first kappa shape index (κ1) is 15.4. The van der Waals surface area contributed by atoms with Crippen molar-refractivity contribution >= 4 is 35.0 Å². The van der Waals surface area contributed by atoms with Crippen molar-refractivity contribution in [3.63, 3.8) is 0 Å². The summed E-state index contributed by atoms with van der Waals surface area (Å²) in [7, 11) is 0. The molecule has 0 N–H and O–H groups in total. The largest absolute Gasteiger partial charge is 0.460 e. The van der Waals surface area contributed by atoms with Crippen molar-refractivity contribution < 1.29 is 14.3 Å². The van der Waals surface area contributed by atoms with Crippen molar-refractivity contribution in [2.45, 2.75) is 38.2 Å². The summed E-state index contributed by atoms with van der Waals surface area (Å²) < 4.78 is 5.28. The molecule has 0 saturated carbocycles. The highest BCUT2D eigenvalue weighted by Crippen LogP contribution is 2.39. The molecular weight excluding hydrogens is 294 g/mol. The fraction of sp³-hybridized carbons (Fsp3) is 0.571. The number of thioether (sulfide) groups is 1. The minimum Gasteiger partial charge on any atom is -0.460 e. The van der Waals surface area contributed by atoms with Crippen LogP contribution in [0.25, 0.3) is 0 Å². The van der Waals surface area contributed by atoms with E-state index in [1.54, 1.807) is 28.0 Å². The molecule has 1 aliphatic heterocycles. The van der Waals surface area contributed by atoms with E-state index in [1.165, 1.54) is 0 Å². The number of carbonyl (C=O) groups is 2. The summed E-state index contributed by atoms with van der Waals surface area (Å²) in [5.74, 6) is 0.315. The number of thiophene rings is 1. The fourth-order valence-corrected chi connectivity index (χ4v) is 3.97. The second-order valence-electron chi connectivity index (χ2n) is 5.64. The van der Waals surface area contributed by atoms with Crippen molar-refractivity contribution in [2.75, 3.05) is 12.3 Å².